The Kier molecular flexibility index (Phi) is 5.27. The number of benzene rings is 2. The van der Waals surface area contributed by atoms with Gasteiger partial charge in [-0.2, -0.15) is 0 Å². The van der Waals surface area contributed by atoms with Crippen LogP contribution in [-0.2, 0) is 4.79 Å². The molecule has 3 aromatic rings. The number of fused-ring (bicyclic) bond motifs is 3. The molecular formula is C23H28N2O3. The summed E-state index contributed by atoms with van der Waals surface area (Å²) < 4.78 is 11.5. The Morgan fingerprint density at radius 3 is 2.71 bits per heavy atom. The van der Waals surface area contributed by atoms with Crippen molar-refractivity contribution in [2.45, 2.75) is 51.6 Å². The third kappa shape index (κ3) is 3.59. The molecule has 2 N–H and O–H groups in total. The Labute approximate surface area is 165 Å². The number of amides is 1. The first-order valence-corrected chi connectivity index (χ1v) is 10.1. The van der Waals surface area contributed by atoms with Crippen LogP contribution in [0, 0.1) is 5.92 Å². The van der Waals surface area contributed by atoms with Gasteiger partial charge in [0.15, 0.2) is 0 Å². The Bertz CT molecular complexity index is 994. The van der Waals surface area contributed by atoms with Crippen molar-refractivity contribution in [3.8, 4) is 5.75 Å². The van der Waals surface area contributed by atoms with Crippen LogP contribution in [0.25, 0.3) is 21.9 Å². The third-order valence-electron chi connectivity index (χ3n) is 5.93. The molecule has 2 aromatic carbocycles. The minimum atomic E-state index is -0.276. The highest BCUT2D eigenvalue weighted by molar-refractivity contribution is 6.08. The number of methoxy groups -OCH3 is 1. The molecule has 148 valence electrons. The molecule has 5 heteroatoms. The largest absolute Gasteiger partial charge is 0.495 e. The molecule has 0 bridgehead atoms. The van der Waals surface area contributed by atoms with Crippen molar-refractivity contribution < 1.29 is 13.9 Å². The van der Waals surface area contributed by atoms with Gasteiger partial charge in [-0.15, -0.1) is 0 Å². The molecule has 1 aliphatic carbocycles. The number of furan rings is 1. The van der Waals surface area contributed by atoms with Gasteiger partial charge in [0.25, 0.3) is 0 Å². The van der Waals surface area contributed by atoms with Crippen molar-refractivity contribution in [1.82, 2.24) is 5.32 Å². The molecule has 1 aliphatic rings. The van der Waals surface area contributed by atoms with Gasteiger partial charge in [0.05, 0.1) is 18.8 Å². The van der Waals surface area contributed by atoms with Crippen LogP contribution in [0.3, 0.4) is 0 Å². The fraction of sp³-hybridized carbons (Fsp3) is 0.435. The van der Waals surface area contributed by atoms with Crippen LogP contribution >= 0.6 is 0 Å². The van der Waals surface area contributed by atoms with Gasteiger partial charge in [-0.05, 0) is 37.8 Å². The van der Waals surface area contributed by atoms with E-state index in [2.05, 4.69) is 17.6 Å². The molecule has 1 heterocycles. The maximum absolute atomic E-state index is 12.8. The van der Waals surface area contributed by atoms with Crippen molar-refractivity contribution in [1.29, 1.82) is 0 Å². The summed E-state index contributed by atoms with van der Waals surface area (Å²) >= 11 is 0. The topological polar surface area (TPSA) is 63.5 Å². The van der Waals surface area contributed by atoms with E-state index in [1.165, 1.54) is 19.3 Å². The zero-order chi connectivity index (χ0) is 19.7. The van der Waals surface area contributed by atoms with Crippen LogP contribution in [-0.4, -0.2) is 25.1 Å². The number of rotatable bonds is 5. The monoisotopic (exact) mass is 380 g/mol. The van der Waals surface area contributed by atoms with Crippen LogP contribution in [0.5, 0.6) is 5.75 Å². The summed E-state index contributed by atoms with van der Waals surface area (Å²) in [5, 5.41) is 8.54. The van der Waals surface area contributed by atoms with Gasteiger partial charge in [0.2, 0.25) is 5.91 Å². The van der Waals surface area contributed by atoms with Gasteiger partial charge in [-0.25, -0.2) is 0 Å². The molecular weight excluding hydrogens is 352 g/mol. The number of hydrogen-bond donors (Lipinski definition) is 2. The van der Waals surface area contributed by atoms with E-state index in [9.17, 15) is 4.79 Å². The molecule has 4 rings (SSSR count). The van der Waals surface area contributed by atoms with Crippen molar-refractivity contribution >= 4 is 33.5 Å². The van der Waals surface area contributed by atoms with Gasteiger partial charge in [0, 0.05) is 22.9 Å². The first-order chi connectivity index (χ1) is 13.6. The summed E-state index contributed by atoms with van der Waals surface area (Å²) in [6.07, 6.45) is 4.87. The molecule has 5 nitrogen and oxygen atoms in total. The third-order valence-corrected chi connectivity index (χ3v) is 5.93. The highest BCUT2D eigenvalue weighted by Gasteiger charge is 2.25. The summed E-state index contributed by atoms with van der Waals surface area (Å²) in [6, 6.07) is 11.8. The smallest absolute Gasteiger partial charge is 0.241 e. The van der Waals surface area contributed by atoms with Crippen LogP contribution in [0.4, 0.5) is 5.69 Å². The lowest BCUT2D eigenvalue weighted by Gasteiger charge is -2.31. The van der Waals surface area contributed by atoms with Crippen LogP contribution in [0.15, 0.2) is 40.8 Å². The van der Waals surface area contributed by atoms with E-state index < -0.39 is 0 Å². The lowest BCUT2D eigenvalue weighted by atomic mass is 9.85. The van der Waals surface area contributed by atoms with E-state index >= 15 is 0 Å². The number of carbonyl (C=O) groups excluding carboxylic acids is 1. The molecule has 28 heavy (non-hydrogen) atoms. The quantitative estimate of drug-likeness (QED) is 0.647. The maximum Gasteiger partial charge on any atom is 0.241 e. The second kappa shape index (κ2) is 7.84. The van der Waals surface area contributed by atoms with Crippen LogP contribution in [0.1, 0.15) is 39.5 Å². The molecule has 1 fully saturated rings. The second-order valence-corrected chi connectivity index (χ2v) is 7.89. The molecule has 1 amide bonds. The van der Waals surface area contributed by atoms with Gasteiger partial charge in [0.1, 0.15) is 16.9 Å². The molecule has 1 aromatic heterocycles. The predicted molar refractivity (Wildman–Crippen MR) is 113 cm³/mol. The lowest BCUT2D eigenvalue weighted by Crippen LogP contribution is -2.47. The number of nitrogens with one attached hydrogen (secondary N) is 2. The van der Waals surface area contributed by atoms with E-state index in [1.807, 2.05) is 43.3 Å². The molecule has 0 radical (unpaired) electrons. The highest BCUT2D eigenvalue weighted by Crippen LogP contribution is 2.36. The van der Waals surface area contributed by atoms with Gasteiger partial charge < -0.3 is 19.8 Å². The van der Waals surface area contributed by atoms with Crippen molar-refractivity contribution in [2.24, 2.45) is 5.92 Å². The van der Waals surface area contributed by atoms with E-state index in [-0.39, 0.29) is 11.9 Å². The van der Waals surface area contributed by atoms with Gasteiger partial charge >= 0.3 is 0 Å². The van der Waals surface area contributed by atoms with Crippen LogP contribution < -0.4 is 15.4 Å². The van der Waals surface area contributed by atoms with Crippen molar-refractivity contribution in [2.75, 3.05) is 12.4 Å². The number of carbonyl (C=O) groups is 1. The Morgan fingerprint density at radius 1 is 1.14 bits per heavy atom. The summed E-state index contributed by atoms with van der Waals surface area (Å²) in [4.78, 5) is 12.8. The first kappa shape index (κ1) is 18.8. The standard InChI is InChI=1S/C23H28N2O3/c1-14-8-4-6-10-18(14)24-15(2)23(26)25-19-13-21-17(12-22(19)27-3)16-9-5-7-11-20(16)28-21/h5,7,9,11-15,18,24H,4,6,8,10H2,1-3H3,(H,25,26)/t14-,15+,18+/m1/s1. The maximum atomic E-state index is 12.8. The Hall–Kier alpha value is -2.53. The van der Waals surface area contributed by atoms with E-state index in [0.29, 0.717) is 23.4 Å². The zero-order valence-electron chi connectivity index (χ0n) is 16.7. The molecule has 0 saturated heterocycles. The molecule has 0 spiro atoms. The SMILES string of the molecule is COc1cc2c(cc1NC(=O)[C@H](C)N[C@H]1CCCC[C@H]1C)oc1ccccc12. The first-order valence-electron chi connectivity index (χ1n) is 10.1. The summed E-state index contributed by atoms with van der Waals surface area (Å²) in [5.74, 6) is 1.17. The summed E-state index contributed by atoms with van der Waals surface area (Å²) in [5.41, 5.74) is 2.19. The zero-order valence-corrected chi connectivity index (χ0v) is 16.7. The number of ether oxygens (including phenoxy) is 1. The second-order valence-electron chi connectivity index (χ2n) is 7.89. The van der Waals surface area contributed by atoms with E-state index in [4.69, 9.17) is 9.15 Å². The Morgan fingerprint density at radius 2 is 1.93 bits per heavy atom. The molecule has 0 unspecified atom stereocenters. The summed E-state index contributed by atoms with van der Waals surface area (Å²) in [7, 11) is 1.62. The predicted octanol–water partition coefficient (Wildman–Crippen LogP) is 5.09. The number of hydrogen-bond acceptors (Lipinski definition) is 4. The fourth-order valence-corrected chi connectivity index (χ4v) is 4.22. The average molecular weight is 380 g/mol. The highest BCUT2D eigenvalue weighted by atomic mass is 16.5. The van der Waals surface area contributed by atoms with E-state index in [1.54, 1.807) is 7.11 Å². The molecule has 3 atom stereocenters. The number of anilines is 1. The van der Waals surface area contributed by atoms with Crippen molar-refractivity contribution in [3.63, 3.8) is 0 Å². The van der Waals surface area contributed by atoms with Crippen LogP contribution in [0.2, 0.25) is 0 Å². The lowest BCUT2D eigenvalue weighted by molar-refractivity contribution is -0.118. The van der Waals surface area contributed by atoms with E-state index in [0.717, 1.165) is 28.4 Å². The summed E-state index contributed by atoms with van der Waals surface area (Å²) in [6.45, 7) is 4.18. The number of para-hydroxylation sites is 1. The molecule has 0 aliphatic heterocycles. The van der Waals surface area contributed by atoms with Crippen molar-refractivity contribution in [3.05, 3.63) is 36.4 Å². The molecule has 1 saturated carbocycles. The average Bonchev–Trinajstić information content (AvgIpc) is 3.06. The van der Waals surface area contributed by atoms with Gasteiger partial charge in [-0.1, -0.05) is 38.0 Å². The normalized spacial score (nSPS) is 21.0. The fourth-order valence-electron chi connectivity index (χ4n) is 4.22. The Balaban J connectivity index is 1.56. The minimum absolute atomic E-state index is 0.0634. The van der Waals surface area contributed by atoms with Gasteiger partial charge in [-0.3, -0.25) is 4.79 Å². The minimum Gasteiger partial charge on any atom is -0.495 e.